The molecule has 0 saturated carbocycles. The van der Waals surface area contributed by atoms with Crippen molar-refractivity contribution in [2.45, 2.75) is 25.7 Å². The van der Waals surface area contributed by atoms with Crippen LogP contribution in [-0.2, 0) is 14.8 Å². The number of methoxy groups -OCH3 is 1. The number of aromatic nitrogens is 1. The number of benzene rings is 3. The zero-order chi connectivity index (χ0) is 30.6. The minimum absolute atomic E-state index is 0.131. The first-order valence-corrected chi connectivity index (χ1v) is 14.1. The SMILES string of the molecule is COc1ccc(N(CC(=O)N/N=C/c2cc(C)n(-c3ccccc3F)c2C)S(=O)(=O)c2ccc(C)c([N+](=O)[O-])c2)cc1. The summed E-state index contributed by atoms with van der Waals surface area (Å²) in [6.07, 6.45) is 1.38. The van der Waals surface area contributed by atoms with E-state index in [1.54, 1.807) is 35.8 Å². The van der Waals surface area contributed by atoms with E-state index in [4.69, 9.17) is 4.74 Å². The van der Waals surface area contributed by atoms with Crippen LogP contribution in [0.25, 0.3) is 5.69 Å². The van der Waals surface area contributed by atoms with Gasteiger partial charge >= 0.3 is 0 Å². The molecule has 1 amide bonds. The van der Waals surface area contributed by atoms with Gasteiger partial charge in [-0.3, -0.25) is 19.2 Å². The summed E-state index contributed by atoms with van der Waals surface area (Å²) in [6, 6.07) is 17.6. The Morgan fingerprint density at radius 2 is 1.79 bits per heavy atom. The molecule has 1 N–H and O–H groups in total. The molecule has 0 radical (unpaired) electrons. The van der Waals surface area contributed by atoms with E-state index in [0.29, 0.717) is 22.7 Å². The van der Waals surface area contributed by atoms with Gasteiger partial charge in [0.2, 0.25) is 0 Å². The number of halogens is 1. The molecule has 0 atom stereocenters. The second-order valence-electron chi connectivity index (χ2n) is 9.32. The van der Waals surface area contributed by atoms with Crippen LogP contribution in [-0.4, -0.2) is 43.7 Å². The molecule has 4 rings (SSSR count). The maximum atomic E-state index is 14.4. The van der Waals surface area contributed by atoms with Crippen molar-refractivity contribution in [3.05, 3.63) is 111 Å². The number of carbonyl (C=O) groups is 1. The molecule has 0 spiro atoms. The van der Waals surface area contributed by atoms with E-state index < -0.39 is 33.2 Å². The van der Waals surface area contributed by atoms with Crippen LogP contribution >= 0.6 is 0 Å². The van der Waals surface area contributed by atoms with Gasteiger partial charge in [0.15, 0.2) is 0 Å². The average molecular weight is 594 g/mol. The molecule has 11 nitrogen and oxygen atoms in total. The number of nitrogens with one attached hydrogen (secondary N) is 1. The number of hydrogen-bond acceptors (Lipinski definition) is 7. The van der Waals surface area contributed by atoms with Gasteiger partial charge in [-0.25, -0.2) is 18.2 Å². The Kier molecular flexibility index (Phi) is 8.71. The van der Waals surface area contributed by atoms with Crippen molar-refractivity contribution in [3.8, 4) is 11.4 Å². The summed E-state index contributed by atoms with van der Waals surface area (Å²) < 4.78 is 49.4. The largest absolute Gasteiger partial charge is 0.497 e. The maximum absolute atomic E-state index is 14.4. The van der Waals surface area contributed by atoms with Gasteiger partial charge in [-0.2, -0.15) is 5.10 Å². The minimum atomic E-state index is -4.43. The zero-order valence-electron chi connectivity index (χ0n) is 23.2. The van der Waals surface area contributed by atoms with Gasteiger partial charge in [0.05, 0.1) is 34.5 Å². The predicted octanol–water partition coefficient (Wildman–Crippen LogP) is 4.80. The molecule has 0 aliphatic rings. The number of aryl methyl sites for hydroxylation is 2. The van der Waals surface area contributed by atoms with Crippen molar-refractivity contribution in [3.63, 3.8) is 0 Å². The highest BCUT2D eigenvalue weighted by molar-refractivity contribution is 7.92. The number of rotatable bonds is 10. The van der Waals surface area contributed by atoms with Gasteiger partial charge in [-0.1, -0.05) is 18.2 Å². The number of ether oxygens (including phenoxy) is 1. The van der Waals surface area contributed by atoms with Crippen LogP contribution in [0.4, 0.5) is 15.8 Å². The highest BCUT2D eigenvalue weighted by Gasteiger charge is 2.29. The van der Waals surface area contributed by atoms with E-state index in [1.807, 2.05) is 6.92 Å². The van der Waals surface area contributed by atoms with Gasteiger partial charge in [0.1, 0.15) is 18.1 Å². The summed E-state index contributed by atoms with van der Waals surface area (Å²) in [5.41, 5.74) is 4.79. The molecule has 42 heavy (non-hydrogen) atoms. The summed E-state index contributed by atoms with van der Waals surface area (Å²) in [5, 5.41) is 15.4. The average Bonchev–Trinajstić information content (AvgIpc) is 3.24. The van der Waals surface area contributed by atoms with Gasteiger partial charge in [0.25, 0.3) is 21.6 Å². The van der Waals surface area contributed by atoms with Crippen molar-refractivity contribution >= 4 is 33.5 Å². The molecule has 0 fully saturated rings. The molecule has 0 aliphatic heterocycles. The summed E-state index contributed by atoms with van der Waals surface area (Å²) in [6.45, 7) is 4.40. The van der Waals surface area contributed by atoms with Crippen LogP contribution in [0.5, 0.6) is 5.75 Å². The van der Waals surface area contributed by atoms with Crippen molar-refractivity contribution in [2.24, 2.45) is 5.10 Å². The zero-order valence-corrected chi connectivity index (χ0v) is 24.1. The third-order valence-electron chi connectivity index (χ3n) is 6.57. The number of anilines is 1. The topological polar surface area (TPSA) is 136 Å². The third-order valence-corrected chi connectivity index (χ3v) is 8.34. The summed E-state index contributed by atoms with van der Waals surface area (Å²) >= 11 is 0. The van der Waals surface area contributed by atoms with Crippen molar-refractivity contribution < 1.29 is 27.3 Å². The summed E-state index contributed by atoms with van der Waals surface area (Å²) in [5.74, 6) is -0.700. The lowest BCUT2D eigenvalue weighted by atomic mass is 10.2. The Labute approximate surface area is 242 Å². The van der Waals surface area contributed by atoms with E-state index in [1.165, 1.54) is 62.7 Å². The minimum Gasteiger partial charge on any atom is -0.497 e. The first-order valence-electron chi connectivity index (χ1n) is 12.6. The first-order chi connectivity index (χ1) is 19.9. The lowest BCUT2D eigenvalue weighted by Crippen LogP contribution is -2.39. The van der Waals surface area contributed by atoms with Gasteiger partial charge < -0.3 is 9.30 Å². The molecule has 0 aliphatic carbocycles. The lowest BCUT2D eigenvalue weighted by Gasteiger charge is -2.24. The monoisotopic (exact) mass is 593 g/mol. The number of amides is 1. The van der Waals surface area contributed by atoms with Crippen LogP contribution < -0.4 is 14.5 Å². The van der Waals surface area contributed by atoms with Crippen molar-refractivity contribution in [2.75, 3.05) is 18.0 Å². The van der Waals surface area contributed by atoms with E-state index in [2.05, 4.69) is 10.5 Å². The quantitative estimate of drug-likeness (QED) is 0.159. The Hall–Kier alpha value is -5.04. The molecule has 1 aromatic heterocycles. The van der Waals surface area contributed by atoms with Crippen LogP contribution in [0, 0.1) is 36.7 Å². The molecular formula is C29H28FN5O6S. The number of para-hydroxylation sites is 1. The molecule has 1 heterocycles. The third kappa shape index (κ3) is 6.15. The Bertz CT molecular complexity index is 1780. The normalized spacial score (nSPS) is 11.5. The summed E-state index contributed by atoms with van der Waals surface area (Å²) in [7, 11) is -2.97. The Balaban J connectivity index is 1.61. The van der Waals surface area contributed by atoms with E-state index in [-0.39, 0.29) is 21.8 Å². The molecule has 218 valence electrons. The summed E-state index contributed by atoms with van der Waals surface area (Å²) in [4.78, 5) is 23.4. The molecule has 0 saturated heterocycles. The molecule has 13 heteroatoms. The van der Waals surface area contributed by atoms with E-state index in [0.717, 1.165) is 16.1 Å². The highest BCUT2D eigenvalue weighted by Crippen LogP contribution is 2.29. The fourth-order valence-electron chi connectivity index (χ4n) is 4.40. The number of sulfonamides is 1. The molecule has 3 aromatic carbocycles. The number of hydrazone groups is 1. The first kappa shape index (κ1) is 29.9. The predicted molar refractivity (Wildman–Crippen MR) is 156 cm³/mol. The molecule has 4 aromatic rings. The second-order valence-corrected chi connectivity index (χ2v) is 11.2. The molecule has 0 unspecified atom stereocenters. The smallest absolute Gasteiger partial charge is 0.273 e. The number of nitrogens with zero attached hydrogens (tertiary/aromatic N) is 4. The number of hydrogen-bond donors (Lipinski definition) is 1. The highest BCUT2D eigenvalue weighted by atomic mass is 32.2. The van der Waals surface area contributed by atoms with Gasteiger partial charge in [0, 0.05) is 28.6 Å². The van der Waals surface area contributed by atoms with E-state index >= 15 is 0 Å². The van der Waals surface area contributed by atoms with Gasteiger partial charge in [-0.05, 0) is 69.3 Å². The van der Waals surface area contributed by atoms with Crippen molar-refractivity contribution in [1.29, 1.82) is 0 Å². The lowest BCUT2D eigenvalue weighted by molar-refractivity contribution is -0.385. The van der Waals surface area contributed by atoms with Crippen LogP contribution in [0.1, 0.15) is 22.5 Å². The Morgan fingerprint density at radius 3 is 2.43 bits per heavy atom. The maximum Gasteiger partial charge on any atom is 0.273 e. The van der Waals surface area contributed by atoms with Crippen LogP contribution in [0.2, 0.25) is 0 Å². The van der Waals surface area contributed by atoms with E-state index in [9.17, 15) is 27.7 Å². The molecule has 0 bridgehead atoms. The van der Waals surface area contributed by atoms with Crippen LogP contribution in [0.3, 0.4) is 0 Å². The number of nitro groups is 1. The van der Waals surface area contributed by atoms with Crippen LogP contribution in [0.15, 0.2) is 82.8 Å². The fourth-order valence-corrected chi connectivity index (χ4v) is 5.84. The second kappa shape index (κ2) is 12.2. The van der Waals surface area contributed by atoms with Gasteiger partial charge in [-0.15, -0.1) is 0 Å². The molecular weight excluding hydrogens is 565 g/mol. The van der Waals surface area contributed by atoms with Crippen molar-refractivity contribution in [1.82, 2.24) is 9.99 Å². The standard InChI is InChI=1S/C29H28FN5O6S/c1-19-9-14-25(16-28(19)35(37)38)42(39,40)33(23-10-12-24(41-4)13-11-23)18-29(36)32-31-17-22-15-20(2)34(21(22)3)27-8-6-5-7-26(27)30/h5-17H,18H2,1-4H3,(H,32,36)/b31-17+. The Morgan fingerprint density at radius 1 is 1.10 bits per heavy atom. The fraction of sp³-hybridized carbons (Fsp3) is 0.172. The number of nitro benzene ring substituents is 1. The number of carbonyl (C=O) groups excluding carboxylic acids is 1.